The molecule has 0 bridgehead atoms. The Kier molecular flexibility index (Phi) is 3.92. The minimum absolute atomic E-state index is 0.000553. The molecule has 1 N–H and O–H groups in total. The van der Waals surface area contributed by atoms with E-state index in [1.165, 1.54) is 0 Å². The van der Waals surface area contributed by atoms with Crippen molar-refractivity contribution >= 4 is 22.8 Å². The average Bonchev–Trinajstić information content (AvgIpc) is 3.23. The maximum Gasteiger partial charge on any atom is 0.234 e. The second-order valence-electron chi connectivity index (χ2n) is 7.93. The minimum Gasteiger partial charge on any atom is -0.325 e. The highest BCUT2D eigenvalue weighted by Gasteiger charge is 2.38. The lowest BCUT2D eigenvalue weighted by Gasteiger charge is -2.15. The minimum atomic E-state index is -0.593. The average molecular weight is 399 g/mol. The van der Waals surface area contributed by atoms with E-state index in [2.05, 4.69) is 32.2 Å². The van der Waals surface area contributed by atoms with Crippen LogP contribution in [0.3, 0.4) is 0 Å². The van der Waals surface area contributed by atoms with Crippen LogP contribution in [-0.2, 0) is 16.8 Å². The lowest BCUT2D eigenvalue weighted by Crippen LogP contribution is -2.26. The Bertz CT molecular complexity index is 1310. The molecule has 0 atom stereocenters. The van der Waals surface area contributed by atoms with Gasteiger partial charge in [0, 0.05) is 30.2 Å². The number of benzene rings is 1. The molecule has 1 aliphatic rings. The van der Waals surface area contributed by atoms with Crippen LogP contribution in [0.1, 0.15) is 32.2 Å². The third kappa shape index (κ3) is 2.60. The van der Waals surface area contributed by atoms with Crippen molar-refractivity contribution in [3.05, 3.63) is 48.3 Å². The Hall–Kier alpha value is -3.68. The van der Waals surface area contributed by atoms with E-state index in [4.69, 9.17) is 4.98 Å². The van der Waals surface area contributed by atoms with Gasteiger partial charge in [0.05, 0.1) is 11.0 Å². The summed E-state index contributed by atoms with van der Waals surface area (Å²) in [7, 11) is 0. The number of carbonyl (C=O) groups excluding carboxylic acids is 1. The summed E-state index contributed by atoms with van der Waals surface area (Å²) in [6, 6.07) is 5.91. The number of carbonyl (C=O) groups is 1. The van der Waals surface area contributed by atoms with Crippen molar-refractivity contribution in [3.8, 4) is 22.6 Å². The van der Waals surface area contributed by atoms with Crippen molar-refractivity contribution in [2.75, 3.05) is 5.32 Å². The number of fused-ring (bicyclic) bond motifs is 2. The topological polar surface area (TPSA) is 98.5 Å². The second-order valence-corrected chi connectivity index (χ2v) is 7.93. The number of amides is 1. The number of rotatable bonds is 3. The van der Waals surface area contributed by atoms with Gasteiger partial charge < -0.3 is 9.88 Å². The molecule has 0 aliphatic carbocycles. The van der Waals surface area contributed by atoms with Crippen molar-refractivity contribution in [3.63, 3.8) is 0 Å². The Labute approximate surface area is 173 Å². The summed E-state index contributed by atoms with van der Waals surface area (Å²) >= 11 is 0. The maximum absolute atomic E-state index is 12.3. The second kappa shape index (κ2) is 6.41. The van der Waals surface area contributed by atoms with Gasteiger partial charge in [0.1, 0.15) is 29.2 Å². The summed E-state index contributed by atoms with van der Waals surface area (Å²) in [6.45, 7) is 8.46. The van der Waals surface area contributed by atoms with Gasteiger partial charge in [0.15, 0.2) is 5.65 Å². The zero-order valence-electron chi connectivity index (χ0n) is 17.3. The van der Waals surface area contributed by atoms with E-state index < -0.39 is 5.41 Å². The molecule has 1 amide bonds. The molecule has 0 saturated heterocycles. The first-order valence-corrected chi connectivity index (χ1v) is 9.86. The summed E-state index contributed by atoms with van der Waals surface area (Å²) in [5.74, 6) is 1.47. The van der Waals surface area contributed by atoms with Crippen LogP contribution in [0.4, 0.5) is 5.69 Å². The first kappa shape index (κ1) is 18.4. The van der Waals surface area contributed by atoms with E-state index in [1.807, 2.05) is 43.5 Å². The van der Waals surface area contributed by atoms with E-state index >= 15 is 0 Å². The smallest absolute Gasteiger partial charge is 0.234 e. The van der Waals surface area contributed by atoms with Gasteiger partial charge >= 0.3 is 0 Å². The van der Waals surface area contributed by atoms with Crippen molar-refractivity contribution < 1.29 is 4.79 Å². The van der Waals surface area contributed by atoms with Gasteiger partial charge in [-0.1, -0.05) is 6.07 Å². The fourth-order valence-corrected chi connectivity index (χ4v) is 3.89. The van der Waals surface area contributed by atoms with E-state index in [0.29, 0.717) is 17.9 Å². The lowest BCUT2D eigenvalue weighted by molar-refractivity contribution is -0.119. The highest BCUT2D eigenvalue weighted by Crippen LogP contribution is 2.40. The summed E-state index contributed by atoms with van der Waals surface area (Å²) in [5, 5.41) is 2.95. The molecule has 1 aromatic carbocycles. The van der Waals surface area contributed by atoms with Crippen LogP contribution in [0.25, 0.3) is 33.8 Å². The van der Waals surface area contributed by atoms with Crippen LogP contribution >= 0.6 is 0 Å². The molecular weight excluding hydrogens is 378 g/mol. The summed E-state index contributed by atoms with van der Waals surface area (Å²) in [6.07, 6.45) is 5.11. The molecule has 3 aromatic heterocycles. The van der Waals surface area contributed by atoms with Crippen molar-refractivity contribution in [1.29, 1.82) is 0 Å². The molecule has 30 heavy (non-hydrogen) atoms. The molecule has 0 saturated carbocycles. The van der Waals surface area contributed by atoms with Crippen LogP contribution in [0.2, 0.25) is 0 Å². The third-order valence-electron chi connectivity index (χ3n) is 5.67. The number of hydrogen-bond acceptors (Lipinski definition) is 6. The Morgan fingerprint density at radius 3 is 2.57 bits per heavy atom. The van der Waals surface area contributed by atoms with Gasteiger partial charge in [-0.05, 0) is 45.4 Å². The molecule has 4 aromatic rings. The Morgan fingerprint density at radius 1 is 1.07 bits per heavy atom. The highest BCUT2D eigenvalue weighted by atomic mass is 16.2. The van der Waals surface area contributed by atoms with E-state index in [1.54, 1.807) is 18.7 Å². The molecule has 1 aliphatic heterocycles. The monoisotopic (exact) mass is 399 g/mol. The van der Waals surface area contributed by atoms with Crippen LogP contribution in [-0.4, -0.2) is 35.4 Å². The predicted octanol–water partition coefficient (Wildman–Crippen LogP) is 3.51. The fraction of sp³-hybridized carbons (Fsp3) is 0.273. The summed E-state index contributed by atoms with van der Waals surface area (Å²) in [4.78, 5) is 34.8. The number of imidazole rings is 1. The van der Waals surface area contributed by atoms with Crippen LogP contribution in [0, 0.1) is 6.92 Å². The number of nitrogens with one attached hydrogen (secondary N) is 1. The molecule has 0 fully saturated rings. The zero-order valence-corrected chi connectivity index (χ0v) is 17.3. The normalized spacial score (nSPS) is 14.7. The van der Waals surface area contributed by atoms with E-state index in [0.717, 1.165) is 39.5 Å². The Morgan fingerprint density at radius 2 is 1.83 bits per heavy atom. The molecule has 5 rings (SSSR count). The first-order valence-electron chi connectivity index (χ1n) is 9.86. The maximum atomic E-state index is 12.3. The van der Waals surface area contributed by atoms with Crippen LogP contribution in [0.15, 0.2) is 36.9 Å². The van der Waals surface area contributed by atoms with Gasteiger partial charge in [-0.25, -0.2) is 24.9 Å². The molecule has 8 nitrogen and oxygen atoms in total. The number of nitrogens with zero attached hydrogens (tertiary/aromatic N) is 6. The SMILES string of the molecule is CCn1c(-c2cnc(C)nc2)nc2c(-c3ccc4c(c3)C(C)(C)C(=O)N4)ncnc21. The fourth-order valence-electron chi connectivity index (χ4n) is 3.89. The molecule has 8 heteroatoms. The Balaban J connectivity index is 1.71. The van der Waals surface area contributed by atoms with Crippen molar-refractivity contribution in [2.45, 2.75) is 39.7 Å². The lowest BCUT2D eigenvalue weighted by atomic mass is 9.85. The predicted molar refractivity (Wildman–Crippen MR) is 114 cm³/mol. The van der Waals surface area contributed by atoms with Crippen LogP contribution in [0.5, 0.6) is 0 Å². The van der Waals surface area contributed by atoms with Crippen molar-refractivity contribution in [1.82, 2.24) is 29.5 Å². The highest BCUT2D eigenvalue weighted by molar-refractivity contribution is 6.06. The van der Waals surface area contributed by atoms with Gasteiger partial charge in [-0.2, -0.15) is 0 Å². The quantitative estimate of drug-likeness (QED) is 0.566. The summed E-state index contributed by atoms with van der Waals surface area (Å²) < 4.78 is 2.04. The molecule has 0 spiro atoms. The van der Waals surface area contributed by atoms with Crippen LogP contribution < -0.4 is 5.32 Å². The number of hydrogen-bond donors (Lipinski definition) is 1. The molecule has 4 heterocycles. The van der Waals surface area contributed by atoms with Gasteiger partial charge in [-0.15, -0.1) is 0 Å². The molecular formula is C22H21N7O. The first-order chi connectivity index (χ1) is 14.4. The largest absolute Gasteiger partial charge is 0.325 e. The molecule has 150 valence electrons. The molecule has 0 radical (unpaired) electrons. The van der Waals surface area contributed by atoms with Crippen molar-refractivity contribution in [2.24, 2.45) is 0 Å². The number of aromatic nitrogens is 6. The van der Waals surface area contributed by atoms with Gasteiger partial charge in [-0.3, -0.25) is 4.79 Å². The third-order valence-corrected chi connectivity index (χ3v) is 5.67. The van der Waals surface area contributed by atoms with Gasteiger partial charge in [0.2, 0.25) is 5.91 Å². The number of anilines is 1. The molecule has 0 unspecified atom stereocenters. The standard InChI is InChI=1S/C22H21N7O/c1-5-29-19(14-9-23-12(2)24-10-14)28-18-17(25-11-26-20(18)29)13-6-7-16-15(8-13)22(3,4)21(30)27-16/h6-11H,5H2,1-4H3,(H,27,30). The number of aryl methyl sites for hydroxylation is 2. The van der Waals surface area contributed by atoms with E-state index in [9.17, 15) is 4.79 Å². The van der Waals surface area contributed by atoms with E-state index in [-0.39, 0.29) is 5.91 Å². The summed E-state index contributed by atoms with van der Waals surface area (Å²) in [5.41, 5.74) is 5.14. The zero-order chi connectivity index (χ0) is 21.0. The van der Waals surface area contributed by atoms with Gasteiger partial charge in [0.25, 0.3) is 0 Å².